The van der Waals surface area contributed by atoms with Crippen LogP contribution in [0.5, 0.6) is 0 Å². The normalized spacial score (nSPS) is 30.8. The first-order chi connectivity index (χ1) is 14.6. The SMILES string of the molecule is O=C(NC1CCCCC1)[C@H]1[C@H](CO)[C@H]2Cn3c(cccc3=O)[C@H]2N1C(=O)CC1CC1. The molecule has 162 valence electrons. The molecule has 0 aromatic carbocycles. The Labute approximate surface area is 176 Å². The first-order valence-electron chi connectivity index (χ1n) is 11.5. The highest BCUT2D eigenvalue weighted by atomic mass is 16.3. The Morgan fingerprint density at radius 2 is 1.87 bits per heavy atom. The lowest BCUT2D eigenvalue weighted by Gasteiger charge is -2.33. The summed E-state index contributed by atoms with van der Waals surface area (Å²) in [6.45, 7) is 0.283. The molecule has 1 aromatic heterocycles. The van der Waals surface area contributed by atoms with Crippen molar-refractivity contribution in [2.45, 2.75) is 76.0 Å². The number of nitrogens with zero attached hydrogens (tertiary/aromatic N) is 2. The van der Waals surface area contributed by atoms with E-state index in [1.807, 2.05) is 6.07 Å². The zero-order valence-electron chi connectivity index (χ0n) is 17.3. The molecule has 0 unspecified atom stereocenters. The Balaban J connectivity index is 1.48. The highest BCUT2D eigenvalue weighted by Gasteiger charge is 2.57. The van der Waals surface area contributed by atoms with Gasteiger partial charge < -0.3 is 19.9 Å². The molecule has 5 rings (SSSR count). The fourth-order valence-electron chi connectivity index (χ4n) is 5.93. The lowest BCUT2D eigenvalue weighted by Crippen LogP contribution is -2.52. The van der Waals surface area contributed by atoms with Gasteiger partial charge in [-0.05, 0) is 37.7 Å². The number of hydrogen-bond acceptors (Lipinski definition) is 4. The highest BCUT2D eigenvalue weighted by Crippen LogP contribution is 2.50. The quantitative estimate of drug-likeness (QED) is 0.767. The molecule has 0 radical (unpaired) electrons. The average molecular weight is 414 g/mol. The summed E-state index contributed by atoms with van der Waals surface area (Å²) in [6.07, 6.45) is 7.96. The topological polar surface area (TPSA) is 91.6 Å². The molecule has 2 N–H and O–H groups in total. The maximum atomic E-state index is 13.4. The molecule has 2 amide bonds. The summed E-state index contributed by atoms with van der Waals surface area (Å²) in [5.74, 6) is -0.219. The number of aliphatic hydroxyl groups is 1. The van der Waals surface area contributed by atoms with E-state index in [0.717, 1.165) is 44.2 Å². The molecule has 1 aromatic rings. The number of nitrogens with one attached hydrogen (secondary N) is 1. The van der Waals surface area contributed by atoms with Crippen LogP contribution in [0, 0.1) is 17.8 Å². The predicted molar refractivity (Wildman–Crippen MR) is 110 cm³/mol. The Morgan fingerprint density at radius 1 is 1.10 bits per heavy atom. The second-order valence-corrected chi connectivity index (χ2v) is 9.59. The number of rotatable bonds is 5. The molecule has 4 aliphatic rings. The smallest absolute Gasteiger partial charge is 0.250 e. The molecule has 3 fully saturated rings. The van der Waals surface area contributed by atoms with Crippen LogP contribution in [-0.2, 0) is 16.1 Å². The Kier molecular flexibility index (Phi) is 5.17. The van der Waals surface area contributed by atoms with E-state index < -0.39 is 6.04 Å². The van der Waals surface area contributed by atoms with Crippen LogP contribution >= 0.6 is 0 Å². The van der Waals surface area contributed by atoms with E-state index >= 15 is 0 Å². The van der Waals surface area contributed by atoms with Gasteiger partial charge in [0.15, 0.2) is 0 Å². The maximum absolute atomic E-state index is 13.4. The molecule has 1 saturated heterocycles. The molecule has 2 aliphatic heterocycles. The van der Waals surface area contributed by atoms with Crippen molar-refractivity contribution in [2.75, 3.05) is 6.61 Å². The molecule has 2 aliphatic carbocycles. The number of aromatic nitrogens is 1. The zero-order valence-corrected chi connectivity index (χ0v) is 17.3. The van der Waals surface area contributed by atoms with E-state index in [1.165, 1.54) is 12.5 Å². The molecule has 3 heterocycles. The first kappa shape index (κ1) is 19.8. The minimum atomic E-state index is -0.665. The third-order valence-corrected chi connectivity index (χ3v) is 7.62. The van der Waals surface area contributed by atoms with Crippen LogP contribution in [0.25, 0.3) is 0 Å². The number of carbonyl (C=O) groups is 2. The van der Waals surface area contributed by atoms with Crippen molar-refractivity contribution < 1.29 is 14.7 Å². The van der Waals surface area contributed by atoms with E-state index in [1.54, 1.807) is 15.5 Å². The number of carbonyl (C=O) groups excluding carboxylic acids is 2. The van der Waals surface area contributed by atoms with Crippen LogP contribution in [0.3, 0.4) is 0 Å². The minimum absolute atomic E-state index is 0.0167. The van der Waals surface area contributed by atoms with Crippen molar-refractivity contribution in [3.8, 4) is 0 Å². The summed E-state index contributed by atoms with van der Waals surface area (Å²) < 4.78 is 1.71. The number of aliphatic hydroxyl groups excluding tert-OH is 1. The Hall–Kier alpha value is -2.15. The van der Waals surface area contributed by atoms with Gasteiger partial charge in [0, 0.05) is 49.2 Å². The van der Waals surface area contributed by atoms with E-state index in [0.29, 0.717) is 18.9 Å². The van der Waals surface area contributed by atoms with Gasteiger partial charge in [-0.1, -0.05) is 25.3 Å². The monoisotopic (exact) mass is 413 g/mol. The summed E-state index contributed by atoms with van der Waals surface area (Å²) in [5.41, 5.74) is 0.708. The Morgan fingerprint density at radius 3 is 2.57 bits per heavy atom. The summed E-state index contributed by atoms with van der Waals surface area (Å²) >= 11 is 0. The van der Waals surface area contributed by atoms with Gasteiger partial charge >= 0.3 is 0 Å². The molecule has 4 atom stereocenters. The Bertz CT molecular complexity index is 887. The molecular formula is C23H31N3O4. The fraction of sp³-hybridized carbons (Fsp3) is 0.696. The molecule has 7 nitrogen and oxygen atoms in total. The van der Waals surface area contributed by atoms with Crippen LogP contribution in [0.1, 0.15) is 63.1 Å². The van der Waals surface area contributed by atoms with Gasteiger partial charge in [-0.25, -0.2) is 0 Å². The summed E-state index contributed by atoms with van der Waals surface area (Å²) in [4.78, 5) is 40.9. The lowest BCUT2D eigenvalue weighted by molar-refractivity contribution is -0.142. The van der Waals surface area contributed by atoms with Crippen LogP contribution < -0.4 is 10.9 Å². The van der Waals surface area contributed by atoms with Gasteiger partial charge in [-0.3, -0.25) is 14.4 Å². The molecule has 0 spiro atoms. The number of fused-ring (bicyclic) bond motifs is 3. The molecule has 7 heteroatoms. The largest absolute Gasteiger partial charge is 0.396 e. The van der Waals surface area contributed by atoms with Gasteiger partial charge in [0.1, 0.15) is 6.04 Å². The van der Waals surface area contributed by atoms with Gasteiger partial charge in [-0.2, -0.15) is 0 Å². The first-order valence-corrected chi connectivity index (χ1v) is 11.5. The van der Waals surface area contributed by atoms with Crippen molar-refractivity contribution >= 4 is 11.8 Å². The standard InChI is InChI=1S/C23H31N3O4/c27-13-17-16-12-25-18(7-4-8-19(25)28)21(16)26(20(29)11-14-9-10-14)22(17)23(30)24-15-5-2-1-3-6-15/h4,7-8,14-17,21-22,27H,1-3,5-6,9-13H2,(H,24,30)/t16-,17-,21+,22-/m1/s1. The van der Waals surface area contributed by atoms with Crippen molar-refractivity contribution in [3.05, 3.63) is 34.2 Å². The number of amides is 2. The molecular weight excluding hydrogens is 382 g/mol. The number of hydrogen-bond donors (Lipinski definition) is 2. The molecule has 30 heavy (non-hydrogen) atoms. The van der Waals surface area contributed by atoms with E-state index in [-0.39, 0.29) is 47.9 Å². The van der Waals surface area contributed by atoms with Gasteiger partial charge in [0.05, 0.1) is 6.04 Å². The number of pyridine rings is 1. The summed E-state index contributed by atoms with van der Waals surface area (Å²) in [5, 5.41) is 13.5. The maximum Gasteiger partial charge on any atom is 0.250 e. The van der Waals surface area contributed by atoms with E-state index in [9.17, 15) is 19.5 Å². The second kappa shape index (κ2) is 7.84. The van der Waals surface area contributed by atoms with Crippen LogP contribution in [0.4, 0.5) is 0 Å². The average Bonchev–Trinajstić information content (AvgIpc) is 3.37. The molecule has 0 bridgehead atoms. The second-order valence-electron chi connectivity index (χ2n) is 9.59. The lowest BCUT2D eigenvalue weighted by atomic mass is 9.87. The van der Waals surface area contributed by atoms with Crippen molar-refractivity contribution in [2.24, 2.45) is 17.8 Å². The van der Waals surface area contributed by atoms with Crippen LogP contribution in [0.2, 0.25) is 0 Å². The zero-order chi connectivity index (χ0) is 20.8. The van der Waals surface area contributed by atoms with E-state index in [2.05, 4.69) is 5.32 Å². The van der Waals surface area contributed by atoms with Crippen molar-refractivity contribution in [3.63, 3.8) is 0 Å². The van der Waals surface area contributed by atoms with Crippen LogP contribution in [0.15, 0.2) is 23.0 Å². The van der Waals surface area contributed by atoms with E-state index in [4.69, 9.17) is 0 Å². The third-order valence-electron chi connectivity index (χ3n) is 7.62. The third kappa shape index (κ3) is 3.37. The summed E-state index contributed by atoms with van der Waals surface area (Å²) in [7, 11) is 0. The molecule has 2 saturated carbocycles. The predicted octanol–water partition coefficient (Wildman–Crippen LogP) is 1.59. The van der Waals surface area contributed by atoms with Crippen molar-refractivity contribution in [1.29, 1.82) is 0 Å². The van der Waals surface area contributed by atoms with Gasteiger partial charge in [0.2, 0.25) is 11.8 Å². The fourth-order valence-corrected chi connectivity index (χ4v) is 5.93. The summed E-state index contributed by atoms with van der Waals surface area (Å²) in [6, 6.07) is 4.32. The van der Waals surface area contributed by atoms with Gasteiger partial charge in [0.25, 0.3) is 5.56 Å². The minimum Gasteiger partial charge on any atom is -0.396 e. The van der Waals surface area contributed by atoms with Crippen LogP contribution in [-0.4, -0.2) is 45.1 Å². The highest BCUT2D eigenvalue weighted by molar-refractivity contribution is 5.89. The van der Waals surface area contributed by atoms with Gasteiger partial charge in [-0.15, -0.1) is 0 Å². The number of likely N-dealkylation sites (tertiary alicyclic amines) is 1. The van der Waals surface area contributed by atoms with Crippen molar-refractivity contribution in [1.82, 2.24) is 14.8 Å².